The predicted octanol–water partition coefficient (Wildman–Crippen LogP) is 6.28. The second-order valence-corrected chi connectivity index (χ2v) is 10.2. The number of carbonyl (C=O) groups excluding carboxylic acids is 1. The number of aromatic nitrogens is 1. The zero-order valence-electron chi connectivity index (χ0n) is 19.3. The number of hydrogen-bond donors (Lipinski definition) is 1. The lowest BCUT2D eigenvalue weighted by atomic mass is 10.1. The van der Waals surface area contributed by atoms with Gasteiger partial charge in [-0.2, -0.15) is 0 Å². The number of aryl methyl sites for hydroxylation is 1. The lowest BCUT2D eigenvalue weighted by Gasteiger charge is -2.23. The van der Waals surface area contributed by atoms with Gasteiger partial charge in [0.2, 0.25) is 6.79 Å². The molecule has 0 saturated heterocycles. The summed E-state index contributed by atoms with van der Waals surface area (Å²) in [6.45, 7) is 2.52. The first-order chi connectivity index (χ1) is 17.5. The Bertz CT molecular complexity index is 1710. The van der Waals surface area contributed by atoms with Gasteiger partial charge in [-0.05, 0) is 47.7 Å². The third-order valence-electron chi connectivity index (χ3n) is 6.35. The van der Waals surface area contributed by atoms with Crippen molar-refractivity contribution >= 4 is 49.8 Å². The lowest BCUT2D eigenvalue weighted by molar-refractivity contribution is 0.0734. The van der Waals surface area contributed by atoms with Crippen LogP contribution in [0.1, 0.15) is 26.4 Å². The fraction of sp³-hybridized carbons (Fsp3) is 0.143. The van der Waals surface area contributed by atoms with Gasteiger partial charge in [0.05, 0.1) is 17.1 Å². The Kier molecular flexibility index (Phi) is 5.66. The zero-order valence-corrected chi connectivity index (χ0v) is 20.9. The van der Waals surface area contributed by atoms with Crippen molar-refractivity contribution in [2.75, 3.05) is 6.79 Å². The monoisotopic (exact) mass is 516 g/mol. The van der Waals surface area contributed by atoms with Gasteiger partial charge in [-0.15, -0.1) is 11.3 Å². The summed E-state index contributed by atoms with van der Waals surface area (Å²) in [5.74, 6) is 1.08. The molecule has 36 heavy (non-hydrogen) atoms. The molecular weight excluding hydrogens is 496 g/mol. The molecule has 1 aliphatic heterocycles. The van der Waals surface area contributed by atoms with Crippen molar-refractivity contribution in [1.29, 1.82) is 0 Å². The molecule has 3 aromatic carbocycles. The quantitative estimate of drug-likeness (QED) is 0.298. The Hall–Kier alpha value is -3.81. The molecule has 5 aromatic rings. The number of amides is 1. The molecule has 0 unspecified atom stereocenters. The van der Waals surface area contributed by atoms with Crippen LogP contribution >= 0.6 is 22.9 Å². The Labute approximate surface area is 215 Å². The number of hydrogen-bond acceptors (Lipinski definition) is 5. The van der Waals surface area contributed by atoms with Gasteiger partial charge in [0.1, 0.15) is 4.88 Å². The normalized spacial score (nSPS) is 12.4. The van der Waals surface area contributed by atoms with Gasteiger partial charge >= 0.3 is 0 Å². The number of halogens is 1. The van der Waals surface area contributed by atoms with E-state index in [1.807, 2.05) is 73.7 Å². The molecule has 2 aromatic heterocycles. The summed E-state index contributed by atoms with van der Waals surface area (Å²) < 4.78 is 11.9. The molecular formula is C28H21ClN2O4S. The Morgan fingerprint density at radius 3 is 2.72 bits per heavy atom. The van der Waals surface area contributed by atoms with Crippen molar-refractivity contribution < 1.29 is 14.3 Å². The minimum absolute atomic E-state index is 0.122. The zero-order chi connectivity index (χ0) is 24.8. The van der Waals surface area contributed by atoms with Crippen LogP contribution in [0.5, 0.6) is 11.5 Å². The van der Waals surface area contributed by atoms with Crippen LogP contribution in [0.25, 0.3) is 21.0 Å². The molecule has 1 aliphatic rings. The molecule has 0 atom stereocenters. The minimum atomic E-state index is -0.234. The smallest absolute Gasteiger partial charge is 0.266 e. The van der Waals surface area contributed by atoms with E-state index in [1.54, 1.807) is 4.90 Å². The van der Waals surface area contributed by atoms with Gasteiger partial charge in [-0.1, -0.05) is 54.1 Å². The fourth-order valence-electron chi connectivity index (χ4n) is 4.51. The second kappa shape index (κ2) is 9.00. The third-order valence-corrected chi connectivity index (χ3v) is 8.02. The van der Waals surface area contributed by atoms with Crippen molar-refractivity contribution in [2.45, 2.75) is 20.0 Å². The van der Waals surface area contributed by atoms with Crippen LogP contribution in [-0.4, -0.2) is 22.6 Å². The van der Waals surface area contributed by atoms with E-state index in [9.17, 15) is 9.59 Å². The molecule has 1 N–H and O–H groups in total. The van der Waals surface area contributed by atoms with Crippen LogP contribution in [0.4, 0.5) is 0 Å². The SMILES string of the molecule is Cc1cccc2cc(CN(Cc3ccc4c(c3)OCO4)C(=O)c3sc4ccccc4c3Cl)c(=O)[nH]c12. The van der Waals surface area contributed by atoms with E-state index in [-0.39, 0.29) is 31.3 Å². The van der Waals surface area contributed by atoms with Gasteiger partial charge in [-0.3, -0.25) is 9.59 Å². The summed E-state index contributed by atoms with van der Waals surface area (Å²) in [6, 6.07) is 21.0. The van der Waals surface area contributed by atoms with Gasteiger partial charge in [0.15, 0.2) is 11.5 Å². The molecule has 0 aliphatic carbocycles. The Morgan fingerprint density at radius 2 is 1.86 bits per heavy atom. The summed E-state index contributed by atoms with van der Waals surface area (Å²) in [5, 5.41) is 2.19. The van der Waals surface area contributed by atoms with Gasteiger partial charge in [0, 0.05) is 22.2 Å². The Morgan fingerprint density at radius 1 is 1.03 bits per heavy atom. The number of benzene rings is 3. The topological polar surface area (TPSA) is 71.6 Å². The molecule has 3 heterocycles. The first-order valence-corrected chi connectivity index (χ1v) is 12.6. The molecule has 1 amide bonds. The van der Waals surface area contributed by atoms with E-state index in [0.29, 0.717) is 27.0 Å². The third kappa shape index (κ3) is 4.00. The second-order valence-electron chi connectivity index (χ2n) is 8.75. The molecule has 0 spiro atoms. The largest absolute Gasteiger partial charge is 0.454 e. The molecule has 6 rings (SSSR count). The summed E-state index contributed by atoms with van der Waals surface area (Å²) in [4.78, 5) is 32.0. The highest BCUT2D eigenvalue weighted by atomic mass is 35.5. The number of thiophene rings is 1. The highest BCUT2D eigenvalue weighted by molar-refractivity contribution is 7.21. The van der Waals surface area contributed by atoms with E-state index in [4.69, 9.17) is 21.1 Å². The van der Waals surface area contributed by atoms with Crippen LogP contribution < -0.4 is 15.0 Å². The number of aromatic amines is 1. The highest BCUT2D eigenvalue weighted by Gasteiger charge is 2.25. The maximum absolute atomic E-state index is 13.9. The van der Waals surface area contributed by atoms with Crippen LogP contribution in [-0.2, 0) is 13.1 Å². The van der Waals surface area contributed by atoms with Crippen molar-refractivity contribution in [2.24, 2.45) is 0 Å². The number of pyridine rings is 1. The molecule has 0 fully saturated rings. The maximum atomic E-state index is 13.9. The van der Waals surface area contributed by atoms with Crippen molar-refractivity contribution in [3.63, 3.8) is 0 Å². The number of para-hydroxylation sites is 1. The molecule has 0 radical (unpaired) electrons. The number of rotatable bonds is 5. The number of nitrogens with zero attached hydrogens (tertiary/aromatic N) is 1. The molecule has 8 heteroatoms. The summed E-state index contributed by atoms with van der Waals surface area (Å²) >= 11 is 8.02. The molecule has 0 saturated carbocycles. The molecule has 0 bridgehead atoms. The average Bonchev–Trinajstić information content (AvgIpc) is 3.48. The predicted molar refractivity (Wildman–Crippen MR) is 142 cm³/mol. The molecule has 6 nitrogen and oxygen atoms in total. The van der Waals surface area contributed by atoms with E-state index >= 15 is 0 Å². The number of nitrogens with one attached hydrogen (secondary N) is 1. The van der Waals surface area contributed by atoms with E-state index in [2.05, 4.69) is 4.98 Å². The van der Waals surface area contributed by atoms with Crippen LogP contribution in [0.15, 0.2) is 71.5 Å². The van der Waals surface area contributed by atoms with E-state index in [1.165, 1.54) is 11.3 Å². The van der Waals surface area contributed by atoms with Crippen LogP contribution in [0, 0.1) is 6.92 Å². The van der Waals surface area contributed by atoms with Gasteiger partial charge in [0.25, 0.3) is 11.5 Å². The number of fused-ring (bicyclic) bond motifs is 3. The maximum Gasteiger partial charge on any atom is 0.266 e. The van der Waals surface area contributed by atoms with Gasteiger partial charge in [-0.25, -0.2) is 0 Å². The minimum Gasteiger partial charge on any atom is -0.454 e. The lowest BCUT2D eigenvalue weighted by Crippen LogP contribution is -2.32. The number of carbonyl (C=O) groups is 1. The highest BCUT2D eigenvalue weighted by Crippen LogP contribution is 2.37. The summed E-state index contributed by atoms with van der Waals surface area (Å²) in [6.07, 6.45) is 0. The Balaban J connectivity index is 1.41. The number of H-pyrrole nitrogens is 1. The fourth-order valence-corrected chi connectivity index (χ4v) is 5.99. The summed E-state index contributed by atoms with van der Waals surface area (Å²) in [5.41, 5.74) is 2.92. The first-order valence-electron chi connectivity index (χ1n) is 11.4. The number of ether oxygens (including phenoxy) is 2. The molecule has 180 valence electrons. The van der Waals surface area contributed by atoms with Crippen molar-refractivity contribution in [1.82, 2.24) is 9.88 Å². The average molecular weight is 517 g/mol. The van der Waals surface area contributed by atoms with Crippen LogP contribution in [0.3, 0.4) is 0 Å². The van der Waals surface area contributed by atoms with Crippen LogP contribution in [0.2, 0.25) is 5.02 Å². The van der Waals surface area contributed by atoms with E-state index in [0.717, 1.165) is 32.1 Å². The standard InChI is InChI=1S/C28H21ClN2O4S/c1-16-5-4-6-18-12-19(27(32)30-25(16)18)14-31(13-17-9-10-21-22(11-17)35-15-34-21)28(33)26-24(29)20-7-2-3-8-23(20)36-26/h2-12H,13-15H2,1H3,(H,30,32). The van der Waals surface area contributed by atoms with Crippen molar-refractivity contribution in [3.05, 3.63) is 104 Å². The van der Waals surface area contributed by atoms with Crippen molar-refractivity contribution in [3.8, 4) is 11.5 Å². The first kappa shape index (κ1) is 22.6. The van der Waals surface area contributed by atoms with E-state index < -0.39 is 0 Å². The summed E-state index contributed by atoms with van der Waals surface area (Å²) in [7, 11) is 0. The van der Waals surface area contributed by atoms with Gasteiger partial charge < -0.3 is 19.4 Å².